The van der Waals surface area contributed by atoms with Crippen LogP contribution in [0.1, 0.15) is 5.56 Å². The molecule has 0 unspecified atom stereocenters. The lowest BCUT2D eigenvalue weighted by molar-refractivity contribution is 0.975. The summed E-state index contributed by atoms with van der Waals surface area (Å²) in [5, 5.41) is 7.00. The summed E-state index contributed by atoms with van der Waals surface area (Å²) in [6, 6.07) is 11.6. The minimum Gasteiger partial charge on any atom is -0.354 e. The van der Waals surface area contributed by atoms with Gasteiger partial charge in [0.1, 0.15) is 5.82 Å². The molecule has 2 heterocycles. The molecule has 0 amide bonds. The highest BCUT2D eigenvalue weighted by Crippen LogP contribution is 2.34. The zero-order chi connectivity index (χ0) is 18.3. The zero-order valence-electron chi connectivity index (χ0n) is 13.6. The van der Waals surface area contributed by atoms with Gasteiger partial charge in [-0.05, 0) is 48.9 Å². The molecule has 0 aliphatic carbocycles. The number of fused-ring (bicyclic) bond motifs is 3. The molecule has 4 nitrogen and oxygen atoms in total. The van der Waals surface area contributed by atoms with Gasteiger partial charge in [-0.25, -0.2) is 4.98 Å². The Kier molecular flexibility index (Phi) is 4.67. The van der Waals surface area contributed by atoms with Crippen LogP contribution in [0.2, 0.25) is 15.1 Å². The number of nitrogens with two attached hydrogens (primary N) is 1. The maximum absolute atomic E-state index is 6.19. The largest absolute Gasteiger partial charge is 0.354 e. The molecule has 0 atom stereocenters. The number of H-pyrrole nitrogens is 1. The van der Waals surface area contributed by atoms with E-state index >= 15 is 0 Å². The SMILES string of the molecule is NCCc1cc(Nc2cc(Cl)c(Cl)cn2)cc2c1[nH]c1ccc(Cl)cc12. The maximum Gasteiger partial charge on any atom is 0.131 e. The average molecular weight is 406 g/mol. The molecule has 4 rings (SSSR count). The van der Waals surface area contributed by atoms with E-state index in [2.05, 4.69) is 27.4 Å². The fourth-order valence-electron chi connectivity index (χ4n) is 3.10. The van der Waals surface area contributed by atoms with Gasteiger partial charge in [-0.15, -0.1) is 0 Å². The van der Waals surface area contributed by atoms with Gasteiger partial charge in [0.2, 0.25) is 0 Å². The predicted octanol–water partition coefficient (Wildman–Crippen LogP) is 5.92. The van der Waals surface area contributed by atoms with Gasteiger partial charge in [0.25, 0.3) is 0 Å². The van der Waals surface area contributed by atoms with Crippen LogP contribution in [0, 0.1) is 0 Å². The van der Waals surface area contributed by atoms with E-state index in [0.29, 0.717) is 27.4 Å². The minimum atomic E-state index is 0.419. The topological polar surface area (TPSA) is 66.7 Å². The smallest absolute Gasteiger partial charge is 0.131 e. The molecule has 7 heteroatoms. The number of anilines is 2. The van der Waals surface area contributed by atoms with E-state index in [1.54, 1.807) is 6.07 Å². The Hall–Kier alpha value is -1.98. The standard InChI is InChI=1S/C19H15Cl3N4/c20-11-1-2-17-13(6-11)14-7-12(5-10(3-4-23)19(14)26-17)25-18-8-15(21)16(22)9-24-18/h1-2,5-9,26H,3-4,23H2,(H,24,25). The van der Waals surface area contributed by atoms with E-state index in [4.69, 9.17) is 40.5 Å². The maximum atomic E-state index is 6.19. The Morgan fingerprint density at radius 3 is 2.62 bits per heavy atom. The van der Waals surface area contributed by atoms with Gasteiger partial charge in [-0.1, -0.05) is 34.8 Å². The van der Waals surface area contributed by atoms with Crippen LogP contribution in [0.15, 0.2) is 42.6 Å². The summed E-state index contributed by atoms with van der Waals surface area (Å²) in [4.78, 5) is 7.74. The molecule has 0 spiro atoms. The predicted molar refractivity (Wildman–Crippen MR) is 111 cm³/mol. The van der Waals surface area contributed by atoms with Gasteiger partial charge in [0, 0.05) is 44.8 Å². The fraction of sp³-hybridized carbons (Fsp3) is 0.105. The van der Waals surface area contributed by atoms with Crippen molar-refractivity contribution in [3.05, 3.63) is 63.2 Å². The molecule has 0 saturated heterocycles. The number of halogens is 3. The summed E-state index contributed by atoms with van der Waals surface area (Å²) < 4.78 is 0. The molecular weight excluding hydrogens is 391 g/mol. The van der Waals surface area contributed by atoms with Crippen LogP contribution < -0.4 is 11.1 Å². The highest BCUT2D eigenvalue weighted by atomic mass is 35.5. The number of pyridine rings is 1. The molecule has 0 fully saturated rings. The third-order valence-corrected chi connectivity index (χ3v) is 5.19. The quantitative estimate of drug-likeness (QED) is 0.395. The molecule has 2 aromatic heterocycles. The molecule has 26 heavy (non-hydrogen) atoms. The van der Waals surface area contributed by atoms with E-state index in [0.717, 1.165) is 39.5 Å². The summed E-state index contributed by atoms with van der Waals surface area (Å²) in [5.74, 6) is 0.621. The molecule has 132 valence electrons. The Morgan fingerprint density at radius 1 is 1.00 bits per heavy atom. The van der Waals surface area contributed by atoms with E-state index in [9.17, 15) is 0 Å². The van der Waals surface area contributed by atoms with Crippen LogP contribution in [0.3, 0.4) is 0 Å². The third-order valence-electron chi connectivity index (χ3n) is 4.25. The minimum absolute atomic E-state index is 0.419. The summed E-state index contributed by atoms with van der Waals surface area (Å²) in [6.45, 7) is 0.555. The Labute approximate surface area is 165 Å². The van der Waals surface area contributed by atoms with Gasteiger partial charge < -0.3 is 16.0 Å². The normalized spacial score (nSPS) is 11.4. The molecule has 0 aliphatic rings. The van der Waals surface area contributed by atoms with Gasteiger partial charge in [0.05, 0.1) is 10.0 Å². The van der Waals surface area contributed by atoms with Crippen molar-refractivity contribution in [3.63, 3.8) is 0 Å². The van der Waals surface area contributed by atoms with Crippen LogP contribution in [0.25, 0.3) is 21.8 Å². The van der Waals surface area contributed by atoms with Crippen LogP contribution in [-0.4, -0.2) is 16.5 Å². The Morgan fingerprint density at radius 2 is 1.85 bits per heavy atom. The Balaban J connectivity index is 1.87. The first-order valence-corrected chi connectivity index (χ1v) is 9.20. The van der Waals surface area contributed by atoms with Gasteiger partial charge in [0.15, 0.2) is 0 Å². The number of nitrogens with one attached hydrogen (secondary N) is 2. The highest BCUT2D eigenvalue weighted by molar-refractivity contribution is 6.42. The van der Waals surface area contributed by atoms with E-state index in [-0.39, 0.29) is 0 Å². The number of hydrogen-bond acceptors (Lipinski definition) is 3. The molecule has 0 radical (unpaired) electrons. The molecule has 0 aliphatic heterocycles. The van der Waals surface area contributed by atoms with Crippen molar-refractivity contribution < 1.29 is 0 Å². The lowest BCUT2D eigenvalue weighted by atomic mass is 10.0. The average Bonchev–Trinajstić information content (AvgIpc) is 2.97. The van der Waals surface area contributed by atoms with E-state index in [1.807, 2.05) is 18.2 Å². The second-order valence-corrected chi connectivity index (χ2v) is 7.27. The van der Waals surface area contributed by atoms with Gasteiger partial charge in [-0.2, -0.15) is 0 Å². The van der Waals surface area contributed by atoms with Crippen LogP contribution in [0.4, 0.5) is 11.5 Å². The van der Waals surface area contributed by atoms with Crippen LogP contribution in [-0.2, 0) is 6.42 Å². The summed E-state index contributed by atoms with van der Waals surface area (Å²) in [7, 11) is 0. The fourth-order valence-corrected chi connectivity index (χ4v) is 3.53. The van der Waals surface area contributed by atoms with Crippen molar-refractivity contribution in [1.82, 2.24) is 9.97 Å². The molecule has 4 N–H and O–H groups in total. The number of benzene rings is 2. The summed E-state index contributed by atoms with van der Waals surface area (Å²) in [6.07, 6.45) is 2.28. The van der Waals surface area contributed by atoms with Crippen molar-refractivity contribution in [3.8, 4) is 0 Å². The second kappa shape index (κ2) is 6.97. The number of hydrogen-bond donors (Lipinski definition) is 3. The van der Waals surface area contributed by atoms with E-state index in [1.165, 1.54) is 6.20 Å². The first kappa shape index (κ1) is 17.4. The molecule has 0 bridgehead atoms. The van der Waals surface area contributed by atoms with Crippen LogP contribution >= 0.6 is 34.8 Å². The Bertz CT molecular complexity index is 1120. The van der Waals surface area contributed by atoms with E-state index < -0.39 is 0 Å². The first-order chi connectivity index (χ1) is 12.5. The van der Waals surface area contributed by atoms with Gasteiger partial charge in [-0.3, -0.25) is 0 Å². The zero-order valence-corrected chi connectivity index (χ0v) is 15.9. The third kappa shape index (κ3) is 3.21. The summed E-state index contributed by atoms with van der Waals surface area (Å²) >= 11 is 18.2. The van der Waals surface area contributed by atoms with Crippen molar-refractivity contribution >= 4 is 68.1 Å². The molecule has 0 saturated carbocycles. The van der Waals surface area contributed by atoms with Crippen molar-refractivity contribution in [2.24, 2.45) is 5.73 Å². The van der Waals surface area contributed by atoms with Crippen LogP contribution in [0.5, 0.6) is 0 Å². The number of aromatic amines is 1. The summed E-state index contributed by atoms with van der Waals surface area (Å²) in [5.41, 5.74) is 9.93. The monoisotopic (exact) mass is 404 g/mol. The van der Waals surface area contributed by atoms with Gasteiger partial charge >= 0.3 is 0 Å². The number of aromatic nitrogens is 2. The second-order valence-electron chi connectivity index (χ2n) is 6.02. The van der Waals surface area contributed by atoms with Crippen molar-refractivity contribution in [1.29, 1.82) is 0 Å². The van der Waals surface area contributed by atoms with Crippen molar-refractivity contribution in [2.75, 3.05) is 11.9 Å². The number of nitrogens with zero attached hydrogens (tertiary/aromatic N) is 1. The lowest BCUT2D eigenvalue weighted by Crippen LogP contribution is -2.04. The molecule has 2 aromatic carbocycles. The molecular formula is C19H15Cl3N4. The first-order valence-electron chi connectivity index (χ1n) is 8.07. The highest BCUT2D eigenvalue weighted by Gasteiger charge is 2.11. The lowest BCUT2D eigenvalue weighted by Gasteiger charge is -2.10. The number of rotatable bonds is 4. The van der Waals surface area contributed by atoms with Crippen molar-refractivity contribution in [2.45, 2.75) is 6.42 Å². The molecule has 4 aromatic rings.